The largest absolute Gasteiger partial charge is 0.497 e. The Morgan fingerprint density at radius 1 is 1.12 bits per heavy atom. The molecular formula is C18H21ClN2O3. The van der Waals surface area contributed by atoms with E-state index in [0.717, 1.165) is 12.0 Å². The van der Waals surface area contributed by atoms with Crippen LogP contribution in [-0.4, -0.2) is 20.3 Å². The van der Waals surface area contributed by atoms with Crippen molar-refractivity contribution in [3.8, 4) is 11.5 Å². The Morgan fingerprint density at radius 3 is 2.42 bits per heavy atom. The van der Waals surface area contributed by atoms with Gasteiger partial charge in [-0.3, -0.25) is 0 Å². The fourth-order valence-corrected chi connectivity index (χ4v) is 2.46. The first-order chi connectivity index (χ1) is 11.6. The van der Waals surface area contributed by atoms with Gasteiger partial charge in [-0.1, -0.05) is 30.7 Å². The minimum atomic E-state index is -0.305. The zero-order valence-electron chi connectivity index (χ0n) is 13.9. The Bertz CT molecular complexity index is 689. The average molecular weight is 349 g/mol. The van der Waals surface area contributed by atoms with Gasteiger partial charge in [0.1, 0.15) is 11.5 Å². The Hall–Kier alpha value is -2.40. The number of anilines is 1. The summed E-state index contributed by atoms with van der Waals surface area (Å²) in [6.45, 7) is 2.01. The van der Waals surface area contributed by atoms with E-state index in [1.165, 1.54) is 0 Å². The van der Waals surface area contributed by atoms with E-state index in [1.807, 2.05) is 31.2 Å². The number of ether oxygens (including phenoxy) is 2. The van der Waals surface area contributed by atoms with Gasteiger partial charge < -0.3 is 20.1 Å². The maximum Gasteiger partial charge on any atom is 0.319 e. The quantitative estimate of drug-likeness (QED) is 0.800. The maximum atomic E-state index is 12.3. The van der Waals surface area contributed by atoms with E-state index in [4.69, 9.17) is 21.1 Å². The summed E-state index contributed by atoms with van der Waals surface area (Å²) in [6.07, 6.45) is 0.759. The van der Waals surface area contributed by atoms with Crippen molar-refractivity contribution in [2.24, 2.45) is 0 Å². The molecular weight excluding hydrogens is 328 g/mol. The molecule has 0 spiro atoms. The lowest BCUT2D eigenvalue weighted by Gasteiger charge is -2.19. The third-order valence-electron chi connectivity index (χ3n) is 3.64. The first kappa shape index (κ1) is 17.9. The van der Waals surface area contributed by atoms with Crippen molar-refractivity contribution in [2.45, 2.75) is 19.4 Å². The predicted octanol–water partition coefficient (Wildman–Crippen LogP) is 4.63. The molecule has 2 N–H and O–H groups in total. The molecule has 5 nitrogen and oxygen atoms in total. The van der Waals surface area contributed by atoms with Crippen LogP contribution in [0.2, 0.25) is 5.02 Å². The van der Waals surface area contributed by atoms with Crippen molar-refractivity contribution in [1.29, 1.82) is 0 Å². The van der Waals surface area contributed by atoms with Crippen molar-refractivity contribution < 1.29 is 14.3 Å². The Morgan fingerprint density at radius 2 is 1.83 bits per heavy atom. The lowest BCUT2D eigenvalue weighted by Crippen LogP contribution is -2.32. The van der Waals surface area contributed by atoms with E-state index < -0.39 is 0 Å². The number of carbonyl (C=O) groups excluding carboxylic acids is 1. The second-order valence-electron chi connectivity index (χ2n) is 5.18. The predicted molar refractivity (Wildman–Crippen MR) is 96.2 cm³/mol. The van der Waals surface area contributed by atoms with Gasteiger partial charge in [0, 0.05) is 11.1 Å². The molecule has 2 aromatic carbocycles. The number of hydrogen-bond acceptors (Lipinski definition) is 3. The highest BCUT2D eigenvalue weighted by Gasteiger charge is 2.14. The van der Waals surface area contributed by atoms with Crippen LogP contribution in [0.4, 0.5) is 10.5 Å². The Labute approximate surface area is 146 Å². The second kappa shape index (κ2) is 8.45. The van der Waals surface area contributed by atoms with E-state index in [2.05, 4.69) is 10.6 Å². The number of urea groups is 1. The zero-order chi connectivity index (χ0) is 17.5. The number of rotatable bonds is 6. The monoisotopic (exact) mass is 348 g/mol. The molecule has 6 heteroatoms. The minimum absolute atomic E-state index is 0.105. The molecule has 0 radical (unpaired) electrons. The highest BCUT2D eigenvalue weighted by Crippen LogP contribution is 2.29. The number of benzene rings is 2. The van der Waals surface area contributed by atoms with E-state index in [9.17, 15) is 4.79 Å². The molecule has 0 saturated heterocycles. The van der Waals surface area contributed by atoms with E-state index in [0.29, 0.717) is 22.2 Å². The summed E-state index contributed by atoms with van der Waals surface area (Å²) in [6, 6.07) is 12.2. The molecule has 1 atom stereocenters. The lowest BCUT2D eigenvalue weighted by atomic mass is 10.1. The molecule has 24 heavy (non-hydrogen) atoms. The molecule has 2 amide bonds. The van der Waals surface area contributed by atoms with Crippen LogP contribution >= 0.6 is 11.6 Å². The summed E-state index contributed by atoms with van der Waals surface area (Å²) in [5.41, 5.74) is 1.57. The van der Waals surface area contributed by atoms with Gasteiger partial charge in [-0.15, -0.1) is 0 Å². The average Bonchev–Trinajstić information content (AvgIpc) is 2.60. The summed E-state index contributed by atoms with van der Waals surface area (Å²) < 4.78 is 10.4. The molecule has 0 aliphatic carbocycles. The summed E-state index contributed by atoms with van der Waals surface area (Å²) in [5.74, 6) is 1.19. The fourth-order valence-electron chi connectivity index (χ4n) is 2.33. The molecule has 0 bridgehead atoms. The van der Waals surface area contributed by atoms with Gasteiger partial charge in [0.15, 0.2) is 0 Å². The van der Waals surface area contributed by atoms with Gasteiger partial charge in [0.2, 0.25) is 0 Å². The summed E-state index contributed by atoms with van der Waals surface area (Å²) in [5, 5.41) is 6.42. The van der Waals surface area contributed by atoms with Crippen LogP contribution in [0.25, 0.3) is 0 Å². The molecule has 0 fully saturated rings. The standard InChI is InChI=1S/C18H21ClN2O3/c1-4-15(12-5-7-13(19)8-6-12)20-18(22)21-16-10-9-14(23-2)11-17(16)24-3/h5-11,15H,4H2,1-3H3,(H2,20,21,22)/t15-/m0/s1. The van der Waals surface area contributed by atoms with Gasteiger partial charge in [-0.05, 0) is 36.2 Å². The molecule has 0 saturated carbocycles. The van der Waals surface area contributed by atoms with E-state index >= 15 is 0 Å². The highest BCUT2D eigenvalue weighted by atomic mass is 35.5. The van der Waals surface area contributed by atoms with Gasteiger partial charge in [0.05, 0.1) is 25.9 Å². The number of methoxy groups -OCH3 is 2. The van der Waals surface area contributed by atoms with Crippen molar-refractivity contribution >= 4 is 23.3 Å². The van der Waals surface area contributed by atoms with Crippen LogP contribution in [0.5, 0.6) is 11.5 Å². The minimum Gasteiger partial charge on any atom is -0.497 e. The normalized spacial score (nSPS) is 11.5. The van der Waals surface area contributed by atoms with Gasteiger partial charge >= 0.3 is 6.03 Å². The van der Waals surface area contributed by atoms with E-state index in [1.54, 1.807) is 32.4 Å². The van der Waals surface area contributed by atoms with Gasteiger partial charge in [-0.2, -0.15) is 0 Å². The van der Waals surface area contributed by atoms with Gasteiger partial charge in [0.25, 0.3) is 0 Å². The van der Waals surface area contributed by atoms with Crippen LogP contribution in [0, 0.1) is 0 Å². The van der Waals surface area contributed by atoms with Crippen molar-refractivity contribution in [2.75, 3.05) is 19.5 Å². The number of amides is 2. The first-order valence-electron chi connectivity index (χ1n) is 7.62. The molecule has 2 aromatic rings. The second-order valence-corrected chi connectivity index (χ2v) is 5.61. The van der Waals surface area contributed by atoms with Crippen LogP contribution < -0.4 is 20.1 Å². The SMILES string of the molecule is CC[C@H](NC(=O)Nc1ccc(OC)cc1OC)c1ccc(Cl)cc1. The summed E-state index contributed by atoms with van der Waals surface area (Å²) in [4.78, 5) is 12.3. The Balaban J connectivity index is 2.07. The maximum absolute atomic E-state index is 12.3. The fraction of sp³-hybridized carbons (Fsp3) is 0.278. The number of nitrogens with one attached hydrogen (secondary N) is 2. The van der Waals surface area contributed by atoms with Crippen molar-refractivity contribution in [1.82, 2.24) is 5.32 Å². The lowest BCUT2D eigenvalue weighted by molar-refractivity contribution is 0.248. The third-order valence-corrected chi connectivity index (χ3v) is 3.89. The molecule has 0 heterocycles. The molecule has 0 aliphatic heterocycles. The van der Waals surface area contributed by atoms with E-state index in [-0.39, 0.29) is 12.1 Å². The smallest absolute Gasteiger partial charge is 0.319 e. The number of carbonyl (C=O) groups is 1. The number of halogens is 1. The van der Waals surface area contributed by atoms with Crippen LogP contribution in [0.1, 0.15) is 24.9 Å². The van der Waals surface area contributed by atoms with Crippen LogP contribution in [0.15, 0.2) is 42.5 Å². The Kier molecular flexibility index (Phi) is 6.32. The third kappa shape index (κ3) is 4.55. The molecule has 2 rings (SSSR count). The molecule has 0 aliphatic rings. The number of hydrogen-bond donors (Lipinski definition) is 2. The summed E-state index contributed by atoms with van der Waals surface area (Å²) in [7, 11) is 3.12. The zero-order valence-corrected chi connectivity index (χ0v) is 14.7. The van der Waals surface area contributed by atoms with Gasteiger partial charge in [-0.25, -0.2) is 4.79 Å². The topological polar surface area (TPSA) is 59.6 Å². The highest BCUT2D eigenvalue weighted by molar-refractivity contribution is 6.30. The molecule has 0 unspecified atom stereocenters. The first-order valence-corrected chi connectivity index (χ1v) is 8.00. The van der Waals surface area contributed by atoms with Crippen molar-refractivity contribution in [3.63, 3.8) is 0 Å². The van der Waals surface area contributed by atoms with Crippen LogP contribution in [-0.2, 0) is 0 Å². The van der Waals surface area contributed by atoms with Crippen molar-refractivity contribution in [3.05, 3.63) is 53.1 Å². The molecule has 128 valence electrons. The van der Waals surface area contributed by atoms with Crippen LogP contribution in [0.3, 0.4) is 0 Å². The molecule has 0 aromatic heterocycles. The summed E-state index contributed by atoms with van der Waals surface area (Å²) >= 11 is 5.91.